The molecule has 0 radical (unpaired) electrons. The van der Waals surface area contributed by atoms with E-state index in [1.165, 1.54) is 11.3 Å². The van der Waals surface area contributed by atoms with Crippen LogP contribution in [0, 0.1) is 0 Å². The predicted octanol–water partition coefficient (Wildman–Crippen LogP) is 1.89. The third-order valence-corrected chi connectivity index (χ3v) is 4.16. The number of amides is 1. The van der Waals surface area contributed by atoms with E-state index in [1.807, 2.05) is 35.7 Å². The van der Waals surface area contributed by atoms with Crippen LogP contribution in [0.5, 0.6) is 5.75 Å². The largest absolute Gasteiger partial charge is 0.496 e. The summed E-state index contributed by atoms with van der Waals surface area (Å²) in [4.78, 5) is 24.6. The van der Waals surface area contributed by atoms with E-state index >= 15 is 0 Å². The lowest BCUT2D eigenvalue weighted by Gasteiger charge is -2.09. The Morgan fingerprint density at radius 1 is 1.33 bits per heavy atom. The molecule has 0 unspecified atom stereocenters. The molecule has 0 saturated heterocycles. The van der Waals surface area contributed by atoms with Crippen LogP contribution in [-0.4, -0.2) is 22.8 Å². The molecule has 1 aromatic carbocycles. The first-order valence-electron chi connectivity index (χ1n) is 7.18. The number of para-hydroxylation sites is 1. The number of carbonyl (C=O) groups is 1. The second-order valence-corrected chi connectivity index (χ2v) is 5.84. The summed E-state index contributed by atoms with van der Waals surface area (Å²) in [6, 6.07) is 11.0. The average molecular weight is 345 g/mol. The van der Waals surface area contributed by atoms with Crippen LogP contribution in [0.2, 0.25) is 0 Å². The van der Waals surface area contributed by atoms with Crippen LogP contribution >= 0.6 is 11.3 Å². The van der Waals surface area contributed by atoms with E-state index < -0.39 is 5.76 Å². The van der Waals surface area contributed by atoms with Gasteiger partial charge in [0.1, 0.15) is 12.3 Å². The fraction of sp³-hybridized carbons (Fsp3) is 0.188. The monoisotopic (exact) mass is 345 g/mol. The highest BCUT2D eigenvalue weighted by Crippen LogP contribution is 2.21. The fourth-order valence-corrected chi connectivity index (χ4v) is 2.78. The molecule has 7 nitrogen and oxygen atoms in total. The fourth-order valence-electron chi connectivity index (χ4n) is 2.14. The first kappa shape index (κ1) is 16.0. The number of nitrogens with zero attached hydrogens (tertiary/aromatic N) is 2. The van der Waals surface area contributed by atoms with Crippen molar-refractivity contribution in [1.82, 2.24) is 15.1 Å². The number of hydrogen-bond donors (Lipinski definition) is 1. The van der Waals surface area contributed by atoms with Crippen LogP contribution in [0.3, 0.4) is 0 Å². The summed E-state index contributed by atoms with van der Waals surface area (Å²) in [5.74, 6) is -0.0937. The zero-order valence-electron chi connectivity index (χ0n) is 12.9. The van der Waals surface area contributed by atoms with E-state index in [0.717, 1.165) is 15.1 Å². The van der Waals surface area contributed by atoms with Crippen molar-refractivity contribution >= 4 is 17.2 Å². The maximum absolute atomic E-state index is 12.0. The Morgan fingerprint density at radius 3 is 2.92 bits per heavy atom. The maximum Gasteiger partial charge on any atom is 0.437 e. The highest BCUT2D eigenvalue weighted by Gasteiger charge is 2.14. The van der Waals surface area contributed by atoms with Gasteiger partial charge in [0.2, 0.25) is 5.91 Å². The smallest absolute Gasteiger partial charge is 0.437 e. The summed E-state index contributed by atoms with van der Waals surface area (Å²) >= 11 is 1.41. The number of thiophene rings is 1. The summed E-state index contributed by atoms with van der Waals surface area (Å²) in [5.41, 5.74) is 0.847. The number of ether oxygens (including phenoxy) is 1. The SMILES string of the molecule is COc1ccccc1CNC(=O)Cn1nc(-c2cccs2)oc1=O. The van der Waals surface area contributed by atoms with Crippen molar-refractivity contribution in [3.05, 3.63) is 57.9 Å². The van der Waals surface area contributed by atoms with Crippen molar-refractivity contribution in [2.75, 3.05) is 7.11 Å². The van der Waals surface area contributed by atoms with Gasteiger partial charge in [-0.3, -0.25) is 4.79 Å². The predicted molar refractivity (Wildman–Crippen MR) is 88.9 cm³/mol. The molecule has 0 aliphatic carbocycles. The molecule has 0 aliphatic heterocycles. The summed E-state index contributed by atoms with van der Waals surface area (Å²) in [6.45, 7) is 0.0933. The van der Waals surface area contributed by atoms with Crippen molar-refractivity contribution in [1.29, 1.82) is 0 Å². The summed E-state index contributed by atoms with van der Waals surface area (Å²) < 4.78 is 11.3. The molecule has 124 valence electrons. The van der Waals surface area contributed by atoms with E-state index in [-0.39, 0.29) is 18.3 Å². The number of benzene rings is 1. The summed E-state index contributed by atoms with van der Waals surface area (Å²) in [6.07, 6.45) is 0. The standard InChI is InChI=1S/C16H15N3O4S/c1-22-12-6-3-2-5-11(12)9-17-14(20)10-19-16(21)23-15(18-19)13-7-4-8-24-13/h2-8H,9-10H2,1H3,(H,17,20). The van der Waals surface area contributed by atoms with Crippen LogP contribution in [0.15, 0.2) is 51.0 Å². The second-order valence-electron chi connectivity index (χ2n) is 4.90. The average Bonchev–Trinajstić information content (AvgIpc) is 3.23. The van der Waals surface area contributed by atoms with E-state index in [4.69, 9.17) is 9.15 Å². The summed E-state index contributed by atoms with van der Waals surface area (Å²) in [5, 5.41) is 8.63. The molecule has 2 aromatic heterocycles. The molecule has 3 rings (SSSR count). The number of rotatable bonds is 6. The minimum Gasteiger partial charge on any atom is -0.496 e. The van der Waals surface area contributed by atoms with Gasteiger partial charge in [-0.15, -0.1) is 16.4 Å². The van der Waals surface area contributed by atoms with E-state index in [1.54, 1.807) is 13.2 Å². The highest BCUT2D eigenvalue weighted by atomic mass is 32.1. The Labute approximate surface area is 141 Å². The van der Waals surface area contributed by atoms with Crippen LogP contribution in [-0.2, 0) is 17.9 Å². The molecule has 8 heteroatoms. The van der Waals surface area contributed by atoms with Gasteiger partial charge in [-0.25, -0.2) is 4.79 Å². The summed E-state index contributed by atoms with van der Waals surface area (Å²) in [7, 11) is 1.57. The maximum atomic E-state index is 12.0. The number of carbonyl (C=O) groups excluding carboxylic acids is 1. The topological polar surface area (TPSA) is 86.4 Å². The molecule has 0 bridgehead atoms. The van der Waals surface area contributed by atoms with Gasteiger partial charge in [0, 0.05) is 12.1 Å². The molecular weight excluding hydrogens is 330 g/mol. The van der Waals surface area contributed by atoms with Gasteiger partial charge in [-0.2, -0.15) is 4.68 Å². The van der Waals surface area contributed by atoms with Crippen molar-refractivity contribution < 1.29 is 13.9 Å². The Kier molecular flexibility index (Phi) is 4.76. The van der Waals surface area contributed by atoms with Gasteiger partial charge >= 0.3 is 5.76 Å². The van der Waals surface area contributed by atoms with Crippen LogP contribution in [0.1, 0.15) is 5.56 Å². The normalized spacial score (nSPS) is 10.5. The van der Waals surface area contributed by atoms with Crippen LogP contribution in [0.4, 0.5) is 0 Å². The lowest BCUT2D eigenvalue weighted by molar-refractivity contribution is -0.122. The molecule has 0 aliphatic rings. The third-order valence-electron chi connectivity index (χ3n) is 3.30. The van der Waals surface area contributed by atoms with Gasteiger partial charge < -0.3 is 14.5 Å². The molecular formula is C16H15N3O4S. The van der Waals surface area contributed by atoms with E-state index in [0.29, 0.717) is 12.3 Å². The minimum atomic E-state index is -0.661. The van der Waals surface area contributed by atoms with E-state index in [9.17, 15) is 9.59 Å². The Hall–Kier alpha value is -2.87. The molecule has 0 saturated carbocycles. The lowest BCUT2D eigenvalue weighted by atomic mass is 10.2. The zero-order valence-corrected chi connectivity index (χ0v) is 13.7. The molecule has 24 heavy (non-hydrogen) atoms. The molecule has 1 N–H and O–H groups in total. The van der Waals surface area contributed by atoms with Crippen LogP contribution in [0.25, 0.3) is 10.8 Å². The lowest BCUT2D eigenvalue weighted by Crippen LogP contribution is -2.31. The second kappa shape index (κ2) is 7.14. The molecule has 1 amide bonds. The molecule has 0 fully saturated rings. The molecule has 0 atom stereocenters. The Morgan fingerprint density at radius 2 is 2.17 bits per heavy atom. The third kappa shape index (κ3) is 3.54. The van der Waals surface area contributed by atoms with Gasteiger partial charge in [-0.1, -0.05) is 24.3 Å². The van der Waals surface area contributed by atoms with Gasteiger partial charge in [0.15, 0.2) is 0 Å². The highest BCUT2D eigenvalue weighted by molar-refractivity contribution is 7.13. The number of hydrogen-bond acceptors (Lipinski definition) is 6. The number of methoxy groups -OCH3 is 1. The van der Waals surface area contributed by atoms with Gasteiger partial charge in [0.05, 0.1) is 12.0 Å². The number of nitrogens with one attached hydrogen (secondary N) is 1. The van der Waals surface area contributed by atoms with Gasteiger partial charge in [-0.05, 0) is 17.5 Å². The van der Waals surface area contributed by atoms with Crippen molar-refractivity contribution in [3.8, 4) is 16.5 Å². The molecule has 3 aromatic rings. The van der Waals surface area contributed by atoms with Crippen molar-refractivity contribution in [2.45, 2.75) is 13.1 Å². The quantitative estimate of drug-likeness (QED) is 0.737. The first-order chi connectivity index (χ1) is 11.7. The molecule has 2 heterocycles. The minimum absolute atomic E-state index is 0.205. The van der Waals surface area contributed by atoms with E-state index in [2.05, 4.69) is 10.4 Å². The number of aromatic nitrogens is 2. The Bertz CT molecular complexity index is 883. The van der Waals surface area contributed by atoms with Crippen LogP contribution < -0.4 is 15.8 Å². The Balaban J connectivity index is 1.64. The molecule has 0 spiro atoms. The van der Waals surface area contributed by atoms with Crippen molar-refractivity contribution in [3.63, 3.8) is 0 Å². The van der Waals surface area contributed by atoms with Gasteiger partial charge in [0.25, 0.3) is 5.89 Å². The van der Waals surface area contributed by atoms with Crippen molar-refractivity contribution in [2.24, 2.45) is 0 Å². The zero-order chi connectivity index (χ0) is 16.9. The first-order valence-corrected chi connectivity index (χ1v) is 8.06.